The van der Waals surface area contributed by atoms with Crippen LogP contribution >= 0.6 is 0 Å². The highest BCUT2D eigenvalue weighted by Crippen LogP contribution is 2.03. The van der Waals surface area contributed by atoms with Gasteiger partial charge in [0.2, 0.25) is 5.91 Å². The first-order chi connectivity index (χ1) is 10.9. The number of hydrogen-bond acceptors (Lipinski definition) is 3. The molecule has 6 nitrogen and oxygen atoms in total. The Morgan fingerprint density at radius 3 is 2.70 bits per heavy atom. The fraction of sp³-hybridized carbons (Fsp3) is 0.235. The van der Waals surface area contributed by atoms with E-state index in [0.29, 0.717) is 6.54 Å². The van der Waals surface area contributed by atoms with E-state index in [2.05, 4.69) is 5.32 Å². The largest absolute Gasteiger partial charge is 0.348 e. The van der Waals surface area contributed by atoms with Gasteiger partial charge in [-0.3, -0.25) is 14.2 Å². The summed E-state index contributed by atoms with van der Waals surface area (Å²) >= 11 is 0. The van der Waals surface area contributed by atoms with Crippen LogP contribution < -0.4 is 16.6 Å². The Labute approximate surface area is 133 Å². The van der Waals surface area contributed by atoms with E-state index in [-0.39, 0.29) is 11.5 Å². The maximum atomic E-state index is 11.9. The average molecular weight is 313 g/mol. The van der Waals surface area contributed by atoms with Crippen LogP contribution in [0.15, 0.2) is 46.1 Å². The summed E-state index contributed by atoms with van der Waals surface area (Å²) in [5.74, 6) is -0.303. The lowest BCUT2D eigenvalue weighted by atomic mass is 10.1. The van der Waals surface area contributed by atoms with Gasteiger partial charge >= 0.3 is 5.69 Å². The van der Waals surface area contributed by atoms with Crippen LogP contribution in [-0.2, 0) is 25.4 Å². The van der Waals surface area contributed by atoms with Crippen molar-refractivity contribution in [2.75, 3.05) is 0 Å². The van der Waals surface area contributed by atoms with Crippen LogP contribution in [0.4, 0.5) is 0 Å². The predicted molar refractivity (Wildman–Crippen MR) is 89.0 cm³/mol. The highest BCUT2D eigenvalue weighted by atomic mass is 16.2. The summed E-state index contributed by atoms with van der Waals surface area (Å²) in [7, 11) is 2.96. The maximum Gasteiger partial charge on any atom is 0.330 e. The number of amides is 1. The Balaban J connectivity index is 2.07. The molecule has 0 saturated carbocycles. The molecule has 1 N–H and O–H groups in total. The molecule has 0 aliphatic heterocycles. The predicted octanol–water partition coefficient (Wildman–Crippen LogP) is 0.722. The van der Waals surface area contributed by atoms with E-state index in [0.717, 1.165) is 15.7 Å². The summed E-state index contributed by atoms with van der Waals surface area (Å²) in [6.45, 7) is 2.40. The van der Waals surface area contributed by atoms with Crippen molar-refractivity contribution in [1.82, 2.24) is 14.5 Å². The van der Waals surface area contributed by atoms with Gasteiger partial charge in [0.05, 0.1) is 5.56 Å². The summed E-state index contributed by atoms with van der Waals surface area (Å²) in [5.41, 5.74) is 1.57. The van der Waals surface area contributed by atoms with E-state index in [1.807, 2.05) is 31.2 Å². The topological polar surface area (TPSA) is 73.1 Å². The van der Waals surface area contributed by atoms with Crippen LogP contribution in [0.3, 0.4) is 0 Å². The lowest BCUT2D eigenvalue weighted by molar-refractivity contribution is -0.116. The van der Waals surface area contributed by atoms with E-state index >= 15 is 0 Å². The number of nitrogens with one attached hydrogen (secondary N) is 1. The van der Waals surface area contributed by atoms with Crippen molar-refractivity contribution < 1.29 is 4.79 Å². The average Bonchev–Trinajstić information content (AvgIpc) is 2.53. The molecule has 0 radical (unpaired) electrons. The number of carbonyl (C=O) groups is 1. The monoisotopic (exact) mass is 313 g/mol. The number of aryl methyl sites for hydroxylation is 2. The van der Waals surface area contributed by atoms with Gasteiger partial charge in [-0.05, 0) is 18.6 Å². The van der Waals surface area contributed by atoms with E-state index in [4.69, 9.17) is 0 Å². The van der Waals surface area contributed by atoms with Gasteiger partial charge in [0, 0.05) is 32.9 Å². The first-order valence-electron chi connectivity index (χ1n) is 7.16. The van der Waals surface area contributed by atoms with Gasteiger partial charge in [0.15, 0.2) is 0 Å². The van der Waals surface area contributed by atoms with Crippen LogP contribution in [0, 0.1) is 6.92 Å². The summed E-state index contributed by atoms with van der Waals surface area (Å²) in [6, 6.07) is 7.84. The molecule has 6 heteroatoms. The lowest BCUT2D eigenvalue weighted by Crippen LogP contribution is -2.37. The third-order valence-electron chi connectivity index (χ3n) is 3.44. The molecule has 1 aromatic heterocycles. The highest BCUT2D eigenvalue weighted by Gasteiger charge is 2.04. The quantitative estimate of drug-likeness (QED) is 0.846. The number of nitrogens with zero attached hydrogens (tertiary/aromatic N) is 2. The summed E-state index contributed by atoms with van der Waals surface area (Å²) < 4.78 is 2.30. The second-order valence-corrected chi connectivity index (χ2v) is 5.38. The fourth-order valence-electron chi connectivity index (χ4n) is 2.19. The Bertz CT molecular complexity index is 875. The summed E-state index contributed by atoms with van der Waals surface area (Å²) in [6.07, 6.45) is 4.11. The Morgan fingerprint density at radius 1 is 1.26 bits per heavy atom. The van der Waals surface area contributed by atoms with Gasteiger partial charge in [0.25, 0.3) is 5.56 Å². The molecule has 1 aromatic carbocycles. The minimum absolute atomic E-state index is 0.278. The zero-order chi connectivity index (χ0) is 17.0. The summed E-state index contributed by atoms with van der Waals surface area (Å²) in [4.78, 5) is 35.4. The molecule has 0 unspecified atom stereocenters. The standard InChI is InChI=1S/C17H19N3O3/c1-12-5-4-6-13(9-12)10-18-15(21)8-7-14-11-19(2)17(23)20(3)16(14)22/h4-9,11H,10H2,1-3H3,(H,18,21)/b8-7+. The Hall–Kier alpha value is -2.89. The highest BCUT2D eigenvalue weighted by molar-refractivity contribution is 5.91. The molecule has 2 rings (SSSR count). The first-order valence-corrected chi connectivity index (χ1v) is 7.16. The van der Waals surface area contributed by atoms with Crippen LogP contribution in [0.25, 0.3) is 6.08 Å². The molecule has 0 fully saturated rings. The molecule has 120 valence electrons. The lowest BCUT2D eigenvalue weighted by Gasteiger charge is -2.04. The molecule has 0 saturated heterocycles. The minimum atomic E-state index is -0.434. The molecule has 0 aliphatic rings. The molecule has 23 heavy (non-hydrogen) atoms. The smallest absolute Gasteiger partial charge is 0.330 e. The van der Waals surface area contributed by atoms with Crippen LogP contribution in [0.2, 0.25) is 0 Å². The molecular formula is C17H19N3O3. The maximum absolute atomic E-state index is 11.9. The molecule has 0 aliphatic carbocycles. The third-order valence-corrected chi connectivity index (χ3v) is 3.44. The van der Waals surface area contributed by atoms with Crippen molar-refractivity contribution in [3.05, 3.63) is 74.1 Å². The molecule has 0 spiro atoms. The second-order valence-electron chi connectivity index (χ2n) is 5.38. The Kier molecular flexibility index (Phi) is 4.95. The van der Waals surface area contributed by atoms with E-state index < -0.39 is 11.2 Å². The second kappa shape index (κ2) is 6.91. The van der Waals surface area contributed by atoms with Gasteiger partial charge in [-0.1, -0.05) is 29.8 Å². The van der Waals surface area contributed by atoms with Crippen molar-refractivity contribution in [2.24, 2.45) is 14.1 Å². The van der Waals surface area contributed by atoms with Gasteiger partial charge in [0.1, 0.15) is 0 Å². The van der Waals surface area contributed by atoms with Gasteiger partial charge in [-0.25, -0.2) is 4.79 Å². The van der Waals surface area contributed by atoms with Gasteiger partial charge < -0.3 is 9.88 Å². The number of benzene rings is 1. The van der Waals surface area contributed by atoms with E-state index in [1.165, 1.54) is 30.0 Å². The van der Waals surface area contributed by atoms with Crippen LogP contribution in [-0.4, -0.2) is 15.0 Å². The third kappa shape index (κ3) is 4.06. The first kappa shape index (κ1) is 16.5. The van der Waals surface area contributed by atoms with Gasteiger partial charge in [-0.15, -0.1) is 0 Å². The number of hydrogen-bond donors (Lipinski definition) is 1. The number of rotatable bonds is 4. The molecular weight excluding hydrogens is 294 g/mol. The number of carbonyl (C=O) groups excluding carboxylic acids is 1. The fourth-order valence-corrected chi connectivity index (χ4v) is 2.19. The zero-order valence-corrected chi connectivity index (χ0v) is 13.4. The van der Waals surface area contributed by atoms with Gasteiger partial charge in [-0.2, -0.15) is 0 Å². The van der Waals surface area contributed by atoms with Crippen molar-refractivity contribution in [3.8, 4) is 0 Å². The van der Waals surface area contributed by atoms with Crippen molar-refractivity contribution in [2.45, 2.75) is 13.5 Å². The van der Waals surface area contributed by atoms with Crippen molar-refractivity contribution in [1.29, 1.82) is 0 Å². The zero-order valence-electron chi connectivity index (χ0n) is 13.4. The van der Waals surface area contributed by atoms with E-state index in [9.17, 15) is 14.4 Å². The normalized spacial score (nSPS) is 10.9. The SMILES string of the molecule is Cc1cccc(CNC(=O)/C=C/c2cn(C)c(=O)n(C)c2=O)c1. The molecule has 2 aromatic rings. The molecule has 0 atom stereocenters. The molecule has 1 amide bonds. The Morgan fingerprint density at radius 2 is 2.00 bits per heavy atom. The van der Waals surface area contributed by atoms with E-state index in [1.54, 1.807) is 7.05 Å². The van der Waals surface area contributed by atoms with Crippen LogP contribution in [0.1, 0.15) is 16.7 Å². The minimum Gasteiger partial charge on any atom is -0.348 e. The van der Waals surface area contributed by atoms with Crippen LogP contribution in [0.5, 0.6) is 0 Å². The summed E-state index contributed by atoms with van der Waals surface area (Å²) in [5, 5.41) is 2.75. The molecule has 1 heterocycles. The molecule has 0 bridgehead atoms. The van der Waals surface area contributed by atoms with Crippen molar-refractivity contribution in [3.63, 3.8) is 0 Å². The van der Waals surface area contributed by atoms with Crippen molar-refractivity contribution >= 4 is 12.0 Å². The number of aromatic nitrogens is 2.